The Morgan fingerprint density at radius 3 is 2.51 bits per heavy atom. The monoisotopic (exact) mass is 580 g/mol. The molecular weight excluding hydrogens is 544 g/mol. The van der Waals surface area contributed by atoms with Crippen molar-refractivity contribution in [1.29, 1.82) is 0 Å². The zero-order valence-electron chi connectivity index (χ0n) is 23.3. The van der Waals surface area contributed by atoms with Gasteiger partial charge in [0.1, 0.15) is 18.7 Å². The van der Waals surface area contributed by atoms with Crippen molar-refractivity contribution in [3.8, 4) is 0 Å². The summed E-state index contributed by atoms with van der Waals surface area (Å²) < 4.78 is 33.3. The highest BCUT2D eigenvalue weighted by Crippen LogP contribution is 2.26. The topological polar surface area (TPSA) is 125 Å². The van der Waals surface area contributed by atoms with Crippen LogP contribution < -0.4 is 10.6 Å². The maximum atomic E-state index is 13.4. The van der Waals surface area contributed by atoms with Crippen LogP contribution in [-0.2, 0) is 35.6 Å². The molecule has 2 aromatic rings. The number of hydrogen-bond donors (Lipinski definition) is 2. The van der Waals surface area contributed by atoms with Gasteiger partial charge in [-0.1, -0.05) is 60.2 Å². The zero-order valence-corrected chi connectivity index (χ0v) is 24.1. The average Bonchev–Trinajstić information content (AvgIpc) is 3.47. The number of sulfonamides is 1. The van der Waals surface area contributed by atoms with E-state index in [1.54, 1.807) is 24.4 Å². The summed E-state index contributed by atoms with van der Waals surface area (Å²) in [5, 5.41) is 5.47. The minimum atomic E-state index is -3.90. The predicted octanol–water partition coefficient (Wildman–Crippen LogP) is 1.92. The number of nitrogens with zero attached hydrogens (tertiary/aromatic N) is 2. The number of amides is 2. The van der Waals surface area contributed by atoms with Gasteiger partial charge in [-0.05, 0) is 37.5 Å². The minimum Gasteiger partial charge on any atom is -0.462 e. The molecule has 2 aliphatic rings. The quantitative estimate of drug-likeness (QED) is 0.307. The number of hydrogen-bond acceptors (Lipinski definition) is 7. The van der Waals surface area contributed by atoms with Crippen LogP contribution in [0.3, 0.4) is 0 Å². The molecule has 10 nitrogen and oxygen atoms in total. The summed E-state index contributed by atoms with van der Waals surface area (Å²) in [6.07, 6.45) is 6.38. The van der Waals surface area contributed by atoms with E-state index in [9.17, 15) is 22.8 Å². The van der Waals surface area contributed by atoms with Crippen molar-refractivity contribution in [3.05, 3.63) is 89.6 Å². The predicted molar refractivity (Wildman–Crippen MR) is 154 cm³/mol. The maximum absolute atomic E-state index is 13.4. The first-order valence-electron chi connectivity index (χ1n) is 13.6. The average molecular weight is 581 g/mol. The van der Waals surface area contributed by atoms with Gasteiger partial charge in [0.05, 0.1) is 17.0 Å². The van der Waals surface area contributed by atoms with Gasteiger partial charge < -0.3 is 20.3 Å². The summed E-state index contributed by atoms with van der Waals surface area (Å²) in [5.74, 6) is -1.50. The summed E-state index contributed by atoms with van der Waals surface area (Å²) in [7, 11) is -2.04. The van der Waals surface area contributed by atoms with Gasteiger partial charge in [0.15, 0.2) is 0 Å². The molecule has 1 fully saturated rings. The maximum Gasteiger partial charge on any atom is 0.329 e. The van der Waals surface area contributed by atoms with E-state index >= 15 is 0 Å². The van der Waals surface area contributed by atoms with E-state index in [1.807, 2.05) is 55.3 Å². The molecule has 218 valence electrons. The van der Waals surface area contributed by atoms with Crippen LogP contribution in [0.4, 0.5) is 0 Å². The van der Waals surface area contributed by atoms with Crippen molar-refractivity contribution in [2.45, 2.75) is 43.2 Å². The van der Waals surface area contributed by atoms with Gasteiger partial charge >= 0.3 is 5.97 Å². The summed E-state index contributed by atoms with van der Waals surface area (Å²) in [6.45, 7) is 2.81. The Labute approximate surface area is 241 Å². The highest BCUT2D eigenvalue weighted by Gasteiger charge is 2.40. The van der Waals surface area contributed by atoms with Gasteiger partial charge in [-0.2, -0.15) is 4.31 Å². The van der Waals surface area contributed by atoms with E-state index in [-0.39, 0.29) is 36.9 Å². The molecule has 2 heterocycles. The molecule has 41 heavy (non-hydrogen) atoms. The third-order valence-corrected chi connectivity index (χ3v) is 8.88. The van der Waals surface area contributed by atoms with Crippen molar-refractivity contribution in [1.82, 2.24) is 19.8 Å². The number of nitrogens with one attached hydrogen (secondary N) is 2. The molecule has 0 spiro atoms. The number of carbonyl (C=O) groups is 3. The lowest BCUT2D eigenvalue weighted by molar-refractivity contribution is -0.148. The lowest BCUT2D eigenvalue weighted by Gasteiger charge is -2.26. The summed E-state index contributed by atoms with van der Waals surface area (Å²) in [6, 6.07) is 13.7. The van der Waals surface area contributed by atoms with Gasteiger partial charge in [0.25, 0.3) is 5.91 Å². The second kappa shape index (κ2) is 13.6. The summed E-state index contributed by atoms with van der Waals surface area (Å²) >= 11 is 0. The number of ether oxygens (including phenoxy) is 1. The summed E-state index contributed by atoms with van der Waals surface area (Å²) in [4.78, 5) is 40.9. The number of likely N-dealkylation sites (N-methyl/N-ethyl adjacent to an activating group) is 1. The molecule has 1 saturated heterocycles. The van der Waals surface area contributed by atoms with Crippen LogP contribution in [0.5, 0.6) is 0 Å². The van der Waals surface area contributed by atoms with Crippen molar-refractivity contribution in [3.63, 3.8) is 0 Å². The smallest absolute Gasteiger partial charge is 0.329 e. The molecule has 0 bridgehead atoms. The van der Waals surface area contributed by atoms with Gasteiger partial charge in [-0.3, -0.25) is 9.59 Å². The first-order chi connectivity index (χ1) is 19.6. The SMILES string of the molecule is Cc1ccc(S(=O)(=O)N2CCC[C@H]2C(=O)N[C@@H](Cc2ccccc2)C(=O)OCCNC(=O)C2=CN(C)CC=C2)cc1. The first-order valence-corrected chi connectivity index (χ1v) is 15.1. The van der Waals surface area contributed by atoms with Crippen LogP contribution >= 0.6 is 0 Å². The minimum absolute atomic E-state index is 0.0874. The van der Waals surface area contributed by atoms with E-state index in [2.05, 4.69) is 10.6 Å². The van der Waals surface area contributed by atoms with Gasteiger partial charge in [-0.15, -0.1) is 0 Å². The second-order valence-electron chi connectivity index (χ2n) is 10.2. The van der Waals surface area contributed by atoms with Gasteiger partial charge in [0, 0.05) is 32.8 Å². The molecule has 2 aliphatic heterocycles. The van der Waals surface area contributed by atoms with Gasteiger partial charge in [-0.25, -0.2) is 13.2 Å². The highest BCUT2D eigenvalue weighted by molar-refractivity contribution is 7.89. The number of esters is 1. The van der Waals surface area contributed by atoms with Crippen LogP contribution in [-0.4, -0.2) is 80.8 Å². The van der Waals surface area contributed by atoms with Crippen LogP contribution in [0.2, 0.25) is 0 Å². The standard InChI is InChI=1S/C30H36N4O6S/c1-22-12-14-25(15-13-22)41(38,39)34-18-7-11-27(34)29(36)32-26(20-23-8-4-3-5-9-23)30(37)40-19-16-31-28(35)24-10-6-17-33(2)21-24/h3-6,8-10,12-15,21,26-27H,7,11,16-20H2,1-2H3,(H,31,35)(H,32,36)/t26-,27-/m0/s1. The Kier molecular flexibility index (Phi) is 9.95. The third kappa shape index (κ3) is 7.83. The van der Waals surface area contributed by atoms with Crippen LogP contribution in [0, 0.1) is 6.92 Å². The molecule has 0 aliphatic carbocycles. The molecule has 2 aromatic carbocycles. The lowest BCUT2D eigenvalue weighted by Crippen LogP contribution is -2.52. The number of carbonyl (C=O) groups excluding carboxylic acids is 3. The molecule has 4 rings (SSSR count). The Balaban J connectivity index is 1.40. The molecule has 2 N–H and O–H groups in total. The van der Waals surface area contributed by atoms with E-state index in [1.165, 1.54) is 16.4 Å². The normalized spacial score (nSPS) is 18.0. The number of rotatable bonds is 11. The van der Waals surface area contributed by atoms with E-state index < -0.39 is 34.0 Å². The Hall–Kier alpha value is -3.96. The van der Waals surface area contributed by atoms with Crippen molar-refractivity contribution in [2.24, 2.45) is 0 Å². The van der Waals surface area contributed by atoms with Crippen molar-refractivity contribution < 1.29 is 27.5 Å². The fourth-order valence-electron chi connectivity index (χ4n) is 4.78. The molecule has 11 heteroatoms. The van der Waals surface area contributed by atoms with Gasteiger partial charge in [0.2, 0.25) is 15.9 Å². The van der Waals surface area contributed by atoms with Crippen molar-refractivity contribution in [2.75, 3.05) is 33.3 Å². The van der Waals surface area contributed by atoms with E-state index in [0.29, 0.717) is 18.4 Å². The zero-order chi connectivity index (χ0) is 29.4. The molecule has 2 amide bonds. The van der Waals surface area contributed by atoms with E-state index in [0.717, 1.165) is 17.7 Å². The van der Waals surface area contributed by atoms with Crippen molar-refractivity contribution >= 4 is 27.8 Å². The van der Waals surface area contributed by atoms with Crippen LogP contribution in [0.1, 0.15) is 24.0 Å². The summed E-state index contributed by atoms with van der Waals surface area (Å²) in [5.41, 5.74) is 2.23. The Bertz CT molecular complexity index is 1410. The molecule has 0 saturated carbocycles. The molecule has 0 unspecified atom stereocenters. The second-order valence-corrected chi connectivity index (χ2v) is 12.1. The Morgan fingerprint density at radius 2 is 1.80 bits per heavy atom. The van der Waals surface area contributed by atoms with Crippen LogP contribution in [0.15, 0.2) is 83.4 Å². The molecule has 2 atom stereocenters. The Morgan fingerprint density at radius 1 is 1.07 bits per heavy atom. The highest BCUT2D eigenvalue weighted by atomic mass is 32.2. The number of benzene rings is 2. The number of aryl methyl sites for hydroxylation is 1. The molecule has 0 radical (unpaired) electrons. The fraction of sp³-hybridized carbons (Fsp3) is 0.367. The third-order valence-electron chi connectivity index (χ3n) is 6.96. The fourth-order valence-corrected chi connectivity index (χ4v) is 6.44. The molecule has 0 aromatic heterocycles. The largest absolute Gasteiger partial charge is 0.462 e. The lowest BCUT2D eigenvalue weighted by atomic mass is 10.1. The molecular formula is C30H36N4O6S. The van der Waals surface area contributed by atoms with E-state index in [4.69, 9.17) is 4.74 Å². The first kappa shape index (κ1) is 30.0. The van der Waals surface area contributed by atoms with Crippen LogP contribution in [0.25, 0.3) is 0 Å².